The van der Waals surface area contributed by atoms with Crippen molar-refractivity contribution in [1.82, 2.24) is 29.8 Å². The summed E-state index contributed by atoms with van der Waals surface area (Å²) in [6.45, 7) is 1.20. The normalized spacial score (nSPS) is 24.9. The molecule has 1 aromatic rings. The number of rotatable bonds is 3. The van der Waals surface area contributed by atoms with E-state index in [1.807, 2.05) is 0 Å². The first-order valence-electron chi connectivity index (χ1n) is 6.46. The molecule has 2 aliphatic heterocycles. The van der Waals surface area contributed by atoms with Crippen LogP contribution in [0.5, 0.6) is 0 Å². The Hall–Kier alpha value is -1.55. The Morgan fingerprint density at radius 3 is 2.75 bits per heavy atom. The number of tetrazole rings is 1. The summed E-state index contributed by atoms with van der Waals surface area (Å²) in [5, 5.41) is 13.8. The summed E-state index contributed by atoms with van der Waals surface area (Å²) in [5.74, 6) is 0.254. The Bertz CT molecular complexity index is 595. The summed E-state index contributed by atoms with van der Waals surface area (Å²) in [6, 6.07) is -0.145. The van der Waals surface area contributed by atoms with Crippen LogP contribution in [0.15, 0.2) is 0 Å². The average Bonchev–Trinajstić information content (AvgIpc) is 2.95. The van der Waals surface area contributed by atoms with E-state index in [1.165, 1.54) is 4.31 Å². The number of amides is 1. The van der Waals surface area contributed by atoms with Crippen LogP contribution in [0.3, 0.4) is 0 Å². The van der Waals surface area contributed by atoms with Crippen molar-refractivity contribution in [2.24, 2.45) is 5.92 Å². The predicted octanol–water partition coefficient (Wildman–Crippen LogP) is -1.25. The minimum Gasteiger partial charge on any atom is -0.332 e. The molecule has 2 fully saturated rings. The van der Waals surface area contributed by atoms with Crippen molar-refractivity contribution in [3.63, 3.8) is 0 Å². The van der Waals surface area contributed by atoms with Crippen molar-refractivity contribution < 1.29 is 13.2 Å². The number of hydrogen-bond acceptors (Lipinski definition) is 6. The third-order valence-electron chi connectivity index (χ3n) is 3.86. The number of sulfonamides is 1. The molecule has 1 aromatic heterocycles. The zero-order chi connectivity index (χ0) is 14.3. The smallest absolute Gasteiger partial charge is 0.228 e. The fraction of sp³-hybridized carbons (Fsp3) is 0.800. The quantitative estimate of drug-likeness (QED) is 0.747. The number of carbonyl (C=O) groups excluding carboxylic acids is 1. The zero-order valence-electron chi connectivity index (χ0n) is 11.1. The molecule has 1 atom stereocenters. The van der Waals surface area contributed by atoms with E-state index in [2.05, 4.69) is 20.6 Å². The molecule has 0 bridgehead atoms. The van der Waals surface area contributed by atoms with Gasteiger partial charge in [0, 0.05) is 19.6 Å². The largest absolute Gasteiger partial charge is 0.332 e. The first-order valence-corrected chi connectivity index (χ1v) is 8.30. The van der Waals surface area contributed by atoms with Crippen molar-refractivity contribution in [1.29, 1.82) is 0 Å². The number of aromatic nitrogens is 4. The number of carbonyl (C=O) groups is 1. The standard InChI is InChI=1S/C10H16N6O3S/c1-20(18,19)15-5-7(6-15)10(17)16-4-2-3-8(16)9-11-13-14-12-9/h7-8H,2-6H2,1H3,(H,11,12,13,14). The van der Waals surface area contributed by atoms with Gasteiger partial charge in [-0.25, -0.2) is 12.7 Å². The Labute approximate surface area is 116 Å². The van der Waals surface area contributed by atoms with Crippen LogP contribution in [0.2, 0.25) is 0 Å². The Kier molecular flexibility index (Phi) is 3.21. The highest BCUT2D eigenvalue weighted by Gasteiger charge is 2.43. The van der Waals surface area contributed by atoms with E-state index in [0.29, 0.717) is 12.4 Å². The van der Waals surface area contributed by atoms with E-state index in [9.17, 15) is 13.2 Å². The molecule has 1 unspecified atom stereocenters. The third-order valence-corrected chi connectivity index (χ3v) is 5.10. The Balaban J connectivity index is 1.66. The molecule has 0 spiro atoms. The van der Waals surface area contributed by atoms with Crippen molar-refractivity contribution in [3.8, 4) is 0 Å². The first kappa shape index (κ1) is 13.4. The number of H-pyrrole nitrogens is 1. The molecule has 2 saturated heterocycles. The Morgan fingerprint density at radius 1 is 1.40 bits per heavy atom. The lowest BCUT2D eigenvalue weighted by molar-refractivity contribution is -0.140. The number of nitrogens with one attached hydrogen (secondary N) is 1. The highest BCUT2D eigenvalue weighted by Crippen LogP contribution is 2.32. The first-order chi connectivity index (χ1) is 9.47. The van der Waals surface area contributed by atoms with Crippen molar-refractivity contribution in [2.45, 2.75) is 18.9 Å². The summed E-state index contributed by atoms with van der Waals surface area (Å²) >= 11 is 0. The van der Waals surface area contributed by atoms with Crippen LogP contribution in [-0.2, 0) is 14.8 Å². The fourth-order valence-corrected chi connectivity index (χ4v) is 3.61. The molecule has 9 nitrogen and oxygen atoms in total. The molecule has 20 heavy (non-hydrogen) atoms. The second-order valence-electron chi connectivity index (χ2n) is 5.24. The number of aromatic amines is 1. The van der Waals surface area contributed by atoms with Crippen LogP contribution in [0.4, 0.5) is 0 Å². The topological polar surface area (TPSA) is 112 Å². The third kappa shape index (κ3) is 2.29. The van der Waals surface area contributed by atoms with E-state index in [1.54, 1.807) is 4.90 Å². The summed E-state index contributed by atoms with van der Waals surface area (Å²) in [7, 11) is -3.19. The molecule has 1 amide bonds. The lowest BCUT2D eigenvalue weighted by Crippen LogP contribution is -2.55. The molecule has 2 aliphatic rings. The molecule has 0 aliphatic carbocycles. The molecule has 0 radical (unpaired) electrons. The van der Waals surface area contributed by atoms with Crippen LogP contribution >= 0.6 is 0 Å². The van der Waals surface area contributed by atoms with Gasteiger partial charge < -0.3 is 4.90 Å². The summed E-state index contributed by atoms with van der Waals surface area (Å²) in [6.07, 6.45) is 2.87. The van der Waals surface area contributed by atoms with Crippen molar-refractivity contribution >= 4 is 15.9 Å². The highest BCUT2D eigenvalue weighted by molar-refractivity contribution is 7.88. The Morgan fingerprint density at radius 2 is 2.15 bits per heavy atom. The van der Waals surface area contributed by atoms with Gasteiger partial charge in [-0.15, -0.1) is 10.2 Å². The predicted molar refractivity (Wildman–Crippen MR) is 67.8 cm³/mol. The van der Waals surface area contributed by atoms with Crippen molar-refractivity contribution in [3.05, 3.63) is 5.82 Å². The maximum Gasteiger partial charge on any atom is 0.228 e. The van der Waals surface area contributed by atoms with Gasteiger partial charge in [0.15, 0.2) is 5.82 Å². The van der Waals surface area contributed by atoms with Crippen molar-refractivity contribution in [2.75, 3.05) is 25.9 Å². The minimum absolute atomic E-state index is 0.0165. The summed E-state index contributed by atoms with van der Waals surface area (Å²) < 4.78 is 24.0. The van der Waals surface area contributed by atoms with E-state index in [-0.39, 0.29) is 31.0 Å². The van der Waals surface area contributed by atoms with Gasteiger partial charge in [-0.3, -0.25) is 4.79 Å². The van der Waals surface area contributed by atoms with Gasteiger partial charge in [0.05, 0.1) is 18.2 Å². The second kappa shape index (κ2) is 4.77. The highest BCUT2D eigenvalue weighted by atomic mass is 32.2. The van der Waals surface area contributed by atoms with Gasteiger partial charge in [0.2, 0.25) is 15.9 Å². The average molecular weight is 300 g/mol. The van der Waals surface area contributed by atoms with E-state index in [0.717, 1.165) is 19.1 Å². The molecule has 10 heteroatoms. The van der Waals surface area contributed by atoms with Gasteiger partial charge in [-0.1, -0.05) is 5.21 Å². The number of nitrogens with zero attached hydrogens (tertiary/aromatic N) is 5. The maximum atomic E-state index is 12.4. The SMILES string of the molecule is CS(=O)(=O)N1CC(C(=O)N2CCCC2c2nn[nH]n2)C1. The minimum atomic E-state index is -3.19. The van der Waals surface area contributed by atoms with Crippen LogP contribution in [-0.4, -0.2) is 70.0 Å². The van der Waals surface area contributed by atoms with Crippen LogP contribution < -0.4 is 0 Å². The van der Waals surface area contributed by atoms with Gasteiger partial charge in [-0.05, 0) is 12.8 Å². The molecular weight excluding hydrogens is 284 g/mol. The van der Waals surface area contributed by atoms with E-state index >= 15 is 0 Å². The summed E-state index contributed by atoms with van der Waals surface area (Å²) in [4.78, 5) is 14.2. The number of hydrogen-bond donors (Lipinski definition) is 1. The second-order valence-corrected chi connectivity index (χ2v) is 7.22. The zero-order valence-corrected chi connectivity index (χ0v) is 11.9. The molecule has 3 heterocycles. The lowest BCUT2D eigenvalue weighted by atomic mass is 10.0. The van der Waals surface area contributed by atoms with Crippen LogP contribution in [0.25, 0.3) is 0 Å². The molecule has 1 N–H and O–H groups in total. The monoisotopic (exact) mass is 300 g/mol. The maximum absolute atomic E-state index is 12.4. The van der Waals surface area contributed by atoms with Gasteiger partial charge >= 0.3 is 0 Å². The lowest BCUT2D eigenvalue weighted by Gasteiger charge is -2.38. The van der Waals surface area contributed by atoms with Gasteiger partial charge in [-0.2, -0.15) is 5.21 Å². The molecular formula is C10H16N6O3S. The fourth-order valence-electron chi connectivity index (χ4n) is 2.71. The van der Waals surface area contributed by atoms with Crippen LogP contribution in [0, 0.1) is 5.92 Å². The van der Waals surface area contributed by atoms with Gasteiger partial charge in [0.1, 0.15) is 0 Å². The van der Waals surface area contributed by atoms with E-state index < -0.39 is 10.0 Å². The van der Waals surface area contributed by atoms with Gasteiger partial charge in [0.25, 0.3) is 0 Å². The molecule has 0 saturated carbocycles. The number of likely N-dealkylation sites (tertiary alicyclic amines) is 1. The van der Waals surface area contributed by atoms with E-state index in [4.69, 9.17) is 0 Å². The molecule has 110 valence electrons. The summed E-state index contributed by atoms with van der Waals surface area (Å²) in [5.41, 5.74) is 0. The molecule has 0 aromatic carbocycles. The molecule has 3 rings (SSSR count). The van der Waals surface area contributed by atoms with Crippen LogP contribution in [0.1, 0.15) is 24.7 Å².